The summed E-state index contributed by atoms with van der Waals surface area (Å²) in [5.74, 6) is -1.15. The molecule has 0 aliphatic carbocycles. The van der Waals surface area contributed by atoms with Crippen LogP contribution in [0.5, 0.6) is 0 Å². The van der Waals surface area contributed by atoms with E-state index >= 15 is 0 Å². The lowest BCUT2D eigenvalue weighted by Crippen LogP contribution is -2.41. The Balaban J connectivity index is 1.61. The largest absolute Gasteiger partial charge is 0.289 e. The smallest absolute Gasteiger partial charge is 0.267 e. The van der Waals surface area contributed by atoms with Crippen molar-refractivity contribution in [3.63, 3.8) is 0 Å². The molecule has 2 aromatic carbocycles. The van der Waals surface area contributed by atoms with E-state index in [0.29, 0.717) is 5.01 Å². The van der Waals surface area contributed by atoms with E-state index in [4.69, 9.17) is 0 Å². The number of non-ortho nitro benzene ring substituents is 1. The van der Waals surface area contributed by atoms with Gasteiger partial charge in [-0.05, 0) is 12.1 Å². The number of hydrogen-bond donors (Lipinski definition) is 2. The number of thiazole rings is 1. The van der Waals surface area contributed by atoms with Gasteiger partial charge in [0, 0.05) is 28.6 Å². The minimum absolute atomic E-state index is 0.124. The van der Waals surface area contributed by atoms with E-state index in [9.17, 15) is 19.7 Å². The molecule has 0 spiro atoms. The molecule has 0 radical (unpaired) electrons. The van der Waals surface area contributed by atoms with Gasteiger partial charge in [0.15, 0.2) is 0 Å². The van der Waals surface area contributed by atoms with Crippen LogP contribution in [0.2, 0.25) is 0 Å². The molecule has 0 saturated heterocycles. The first-order chi connectivity index (χ1) is 12.5. The lowest BCUT2D eigenvalue weighted by atomic mass is 10.2. The van der Waals surface area contributed by atoms with E-state index in [-0.39, 0.29) is 16.9 Å². The molecule has 0 aliphatic rings. The second-order valence-corrected chi connectivity index (χ2v) is 5.97. The molecule has 0 aliphatic heterocycles. The summed E-state index contributed by atoms with van der Waals surface area (Å²) in [6.07, 6.45) is 0. The number of benzene rings is 2. The zero-order valence-corrected chi connectivity index (χ0v) is 14.0. The van der Waals surface area contributed by atoms with Gasteiger partial charge in [-0.2, -0.15) is 0 Å². The number of hydrazine groups is 1. The van der Waals surface area contributed by atoms with Gasteiger partial charge in [0.2, 0.25) is 0 Å². The number of nitrogens with one attached hydrogen (secondary N) is 2. The summed E-state index contributed by atoms with van der Waals surface area (Å²) < 4.78 is 0. The highest BCUT2D eigenvalue weighted by atomic mass is 32.1. The van der Waals surface area contributed by atoms with Gasteiger partial charge < -0.3 is 0 Å². The Labute approximate surface area is 151 Å². The maximum atomic E-state index is 12.1. The number of aromatic nitrogens is 1. The van der Waals surface area contributed by atoms with Crippen molar-refractivity contribution in [3.05, 3.63) is 81.3 Å². The van der Waals surface area contributed by atoms with Crippen LogP contribution in [-0.4, -0.2) is 21.7 Å². The minimum atomic E-state index is -0.591. The van der Waals surface area contributed by atoms with Crippen molar-refractivity contribution in [2.45, 2.75) is 0 Å². The van der Waals surface area contributed by atoms with Crippen LogP contribution in [-0.2, 0) is 0 Å². The molecule has 3 rings (SSSR count). The van der Waals surface area contributed by atoms with E-state index in [1.54, 1.807) is 5.38 Å². The number of carbonyl (C=O) groups excluding carboxylic acids is 2. The van der Waals surface area contributed by atoms with Crippen molar-refractivity contribution >= 4 is 28.8 Å². The topological polar surface area (TPSA) is 114 Å². The van der Waals surface area contributed by atoms with Gasteiger partial charge in [0.05, 0.1) is 4.92 Å². The number of carbonyl (C=O) groups is 2. The molecule has 0 bridgehead atoms. The molecular weight excluding hydrogens is 356 g/mol. The molecule has 0 saturated carbocycles. The first-order valence-corrected chi connectivity index (χ1v) is 8.28. The predicted octanol–water partition coefficient (Wildman–Crippen LogP) is 2.79. The first-order valence-electron chi connectivity index (χ1n) is 7.40. The van der Waals surface area contributed by atoms with E-state index < -0.39 is 16.7 Å². The molecule has 9 heteroatoms. The van der Waals surface area contributed by atoms with Crippen LogP contribution in [0.1, 0.15) is 20.8 Å². The maximum Gasteiger partial charge on any atom is 0.289 e. The summed E-state index contributed by atoms with van der Waals surface area (Å²) in [4.78, 5) is 38.4. The molecule has 2 amide bonds. The Morgan fingerprint density at radius 2 is 1.62 bits per heavy atom. The van der Waals surface area contributed by atoms with Gasteiger partial charge in [0.25, 0.3) is 17.5 Å². The molecule has 1 aromatic heterocycles. The van der Waals surface area contributed by atoms with Crippen LogP contribution in [0.4, 0.5) is 5.69 Å². The van der Waals surface area contributed by atoms with Gasteiger partial charge in [0.1, 0.15) is 10.7 Å². The second kappa shape index (κ2) is 7.53. The summed E-state index contributed by atoms with van der Waals surface area (Å²) >= 11 is 1.32. The van der Waals surface area contributed by atoms with E-state index in [2.05, 4.69) is 15.8 Å². The SMILES string of the molecule is O=C(NNC(=O)c1csc(-c2ccccc2)n1)c1ccc([N+](=O)[O-])cc1. The van der Waals surface area contributed by atoms with Crippen molar-refractivity contribution in [2.24, 2.45) is 0 Å². The Kier molecular flexibility index (Phi) is 4.99. The highest BCUT2D eigenvalue weighted by molar-refractivity contribution is 7.13. The van der Waals surface area contributed by atoms with E-state index in [1.165, 1.54) is 35.6 Å². The van der Waals surface area contributed by atoms with Crippen molar-refractivity contribution < 1.29 is 14.5 Å². The maximum absolute atomic E-state index is 12.1. The first kappa shape index (κ1) is 17.2. The molecule has 1 heterocycles. The summed E-state index contributed by atoms with van der Waals surface area (Å²) in [5, 5.41) is 12.9. The number of rotatable bonds is 4. The number of hydrogen-bond acceptors (Lipinski definition) is 6. The fourth-order valence-corrected chi connectivity index (χ4v) is 2.88. The van der Waals surface area contributed by atoms with Gasteiger partial charge in [-0.15, -0.1) is 11.3 Å². The average Bonchev–Trinajstić information content (AvgIpc) is 3.17. The second-order valence-electron chi connectivity index (χ2n) is 5.12. The monoisotopic (exact) mass is 368 g/mol. The lowest BCUT2D eigenvalue weighted by Gasteiger charge is -2.05. The zero-order chi connectivity index (χ0) is 18.5. The third kappa shape index (κ3) is 3.90. The molecule has 26 heavy (non-hydrogen) atoms. The van der Waals surface area contributed by atoms with Crippen LogP contribution in [0.25, 0.3) is 10.6 Å². The predicted molar refractivity (Wildman–Crippen MR) is 95.6 cm³/mol. The lowest BCUT2D eigenvalue weighted by molar-refractivity contribution is -0.384. The summed E-state index contributed by atoms with van der Waals surface area (Å²) in [5.41, 5.74) is 5.65. The third-order valence-electron chi connectivity index (χ3n) is 3.39. The summed E-state index contributed by atoms with van der Waals surface area (Å²) in [6.45, 7) is 0. The standard InChI is InChI=1S/C17H12N4O4S/c22-15(11-6-8-13(9-7-11)21(24)25)19-20-16(23)14-10-26-17(18-14)12-4-2-1-3-5-12/h1-10H,(H,19,22)(H,20,23). The number of nitrogens with zero attached hydrogens (tertiary/aromatic N) is 2. The normalized spacial score (nSPS) is 10.2. The minimum Gasteiger partial charge on any atom is -0.267 e. The van der Waals surface area contributed by atoms with E-state index in [1.807, 2.05) is 30.3 Å². The van der Waals surface area contributed by atoms with Crippen LogP contribution in [0.15, 0.2) is 60.0 Å². The van der Waals surface area contributed by atoms with Gasteiger partial charge in [-0.1, -0.05) is 30.3 Å². The van der Waals surface area contributed by atoms with Gasteiger partial charge in [-0.3, -0.25) is 30.6 Å². The fourth-order valence-electron chi connectivity index (χ4n) is 2.08. The van der Waals surface area contributed by atoms with Crippen LogP contribution in [0.3, 0.4) is 0 Å². The van der Waals surface area contributed by atoms with Gasteiger partial charge in [-0.25, -0.2) is 4.98 Å². The number of nitro groups is 1. The Hall–Kier alpha value is -3.59. The highest BCUT2D eigenvalue weighted by Gasteiger charge is 2.14. The van der Waals surface area contributed by atoms with Crippen LogP contribution in [0, 0.1) is 10.1 Å². The Morgan fingerprint density at radius 3 is 2.27 bits per heavy atom. The van der Waals surface area contributed by atoms with Crippen molar-refractivity contribution in [1.82, 2.24) is 15.8 Å². The van der Waals surface area contributed by atoms with Crippen molar-refractivity contribution in [2.75, 3.05) is 0 Å². The Morgan fingerprint density at radius 1 is 0.962 bits per heavy atom. The molecule has 0 unspecified atom stereocenters. The van der Waals surface area contributed by atoms with Crippen molar-refractivity contribution in [1.29, 1.82) is 0 Å². The van der Waals surface area contributed by atoms with Crippen molar-refractivity contribution in [3.8, 4) is 10.6 Å². The average molecular weight is 368 g/mol. The summed E-state index contributed by atoms with van der Waals surface area (Å²) in [7, 11) is 0. The molecule has 0 fully saturated rings. The summed E-state index contributed by atoms with van der Waals surface area (Å²) in [6, 6.07) is 14.4. The number of amides is 2. The van der Waals surface area contributed by atoms with Crippen LogP contribution < -0.4 is 10.9 Å². The quantitative estimate of drug-likeness (QED) is 0.543. The van der Waals surface area contributed by atoms with Gasteiger partial charge >= 0.3 is 0 Å². The molecule has 2 N–H and O–H groups in total. The molecule has 0 atom stereocenters. The fraction of sp³-hybridized carbons (Fsp3) is 0. The Bertz CT molecular complexity index is 954. The molecule has 130 valence electrons. The number of nitro benzene ring substituents is 1. The third-order valence-corrected chi connectivity index (χ3v) is 4.28. The molecular formula is C17H12N4O4S. The van der Waals surface area contributed by atoms with E-state index in [0.717, 1.165) is 5.56 Å². The molecule has 3 aromatic rings. The van der Waals surface area contributed by atoms with Crippen LogP contribution >= 0.6 is 11.3 Å². The molecule has 8 nitrogen and oxygen atoms in total. The highest BCUT2D eigenvalue weighted by Crippen LogP contribution is 2.23. The zero-order valence-electron chi connectivity index (χ0n) is 13.2.